The molecule has 34 heavy (non-hydrogen) atoms. The molecule has 3 atom stereocenters. The molecule has 0 aromatic rings. The maximum atomic E-state index is 12.7. The molecular formula is C28H53N3O3. The van der Waals surface area contributed by atoms with E-state index in [1.807, 2.05) is 4.90 Å². The molecule has 2 amide bonds. The number of ether oxygens (including phenoxy) is 1. The van der Waals surface area contributed by atoms with E-state index in [9.17, 15) is 9.59 Å². The number of nitrogens with zero attached hydrogens (tertiary/aromatic N) is 2. The highest BCUT2D eigenvalue weighted by molar-refractivity contribution is 5.74. The zero-order valence-corrected chi connectivity index (χ0v) is 22.7. The van der Waals surface area contributed by atoms with Crippen LogP contribution in [0.5, 0.6) is 0 Å². The molecule has 0 heterocycles. The van der Waals surface area contributed by atoms with Gasteiger partial charge in [-0.3, -0.25) is 0 Å². The van der Waals surface area contributed by atoms with Crippen LogP contribution in [0.1, 0.15) is 111 Å². The Kier molecular flexibility index (Phi) is 17.9. The Morgan fingerprint density at radius 2 is 1.85 bits per heavy atom. The highest BCUT2D eigenvalue weighted by atomic mass is 16.5. The van der Waals surface area contributed by atoms with Crippen molar-refractivity contribution in [1.29, 1.82) is 0 Å². The molecule has 1 fully saturated rings. The van der Waals surface area contributed by atoms with Gasteiger partial charge in [0.2, 0.25) is 6.08 Å². The number of carbonyl (C=O) groups is 1. The standard InChI is InChI=1S/C28H53N3O3/c1-5-7-9-10-11-18-31(28(33)30-17-8-6-2)19-20-34-27-14-12-13-25(21-27)15-16-26(24(3)4)22-29-23-32/h24-27H,5-22H2,1-4H3,(H,30,33)/t25-,26?,27-/m0/s1. The summed E-state index contributed by atoms with van der Waals surface area (Å²) in [5, 5.41) is 3.08. The van der Waals surface area contributed by atoms with Gasteiger partial charge in [-0.1, -0.05) is 79.1 Å². The van der Waals surface area contributed by atoms with Crippen molar-refractivity contribution in [3.05, 3.63) is 0 Å². The first kappa shape index (κ1) is 30.6. The summed E-state index contributed by atoms with van der Waals surface area (Å²) < 4.78 is 6.29. The van der Waals surface area contributed by atoms with Gasteiger partial charge in [0.1, 0.15) is 0 Å². The largest absolute Gasteiger partial charge is 0.376 e. The van der Waals surface area contributed by atoms with E-state index in [2.05, 4.69) is 38.0 Å². The van der Waals surface area contributed by atoms with Crippen molar-refractivity contribution in [3.63, 3.8) is 0 Å². The number of urea groups is 1. The minimum Gasteiger partial charge on any atom is -0.376 e. The Morgan fingerprint density at radius 1 is 1.09 bits per heavy atom. The van der Waals surface area contributed by atoms with Crippen molar-refractivity contribution in [3.8, 4) is 0 Å². The average Bonchev–Trinajstić information content (AvgIpc) is 2.83. The third kappa shape index (κ3) is 14.1. The number of carbonyl (C=O) groups excluding carboxylic acids is 2. The second kappa shape index (κ2) is 19.9. The van der Waals surface area contributed by atoms with Crippen molar-refractivity contribution in [2.24, 2.45) is 22.7 Å². The number of aliphatic imine (C=N–C) groups is 1. The summed E-state index contributed by atoms with van der Waals surface area (Å²) in [5.74, 6) is 1.68. The maximum Gasteiger partial charge on any atom is 0.317 e. The lowest BCUT2D eigenvalue weighted by Gasteiger charge is -2.31. The van der Waals surface area contributed by atoms with E-state index in [-0.39, 0.29) is 6.03 Å². The van der Waals surface area contributed by atoms with Crippen LogP contribution in [0.4, 0.5) is 4.79 Å². The molecule has 1 N–H and O–H groups in total. The van der Waals surface area contributed by atoms with Gasteiger partial charge in [0.15, 0.2) is 0 Å². The van der Waals surface area contributed by atoms with Gasteiger partial charge in [0, 0.05) is 19.6 Å². The van der Waals surface area contributed by atoms with Crippen LogP contribution in [0.15, 0.2) is 4.99 Å². The van der Waals surface area contributed by atoms with Crippen LogP contribution in [0.3, 0.4) is 0 Å². The van der Waals surface area contributed by atoms with Crippen LogP contribution in [0, 0.1) is 17.8 Å². The van der Waals surface area contributed by atoms with E-state index in [0.717, 1.165) is 51.6 Å². The quantitative estimate of drug-likeness (QED) is 0.127. The highest BCUT2D eigenvalue weighted by Gasteiger charge is 2.24. The van der Waals surface area contributed by atoms with Crippen LogP contribution >= 0.6 is 0 Å². The molecule has 1 rings (SSSR count). The van der Waals surface area contributed by atoms with Crippen molar-refractivity contribution in [2.75, 3.05) is 32.8 Å². The molecule has 6 heteroatoms. The smallest absolute Gasteiger partial charge is 0.317 e. The number of amides is 2. The van der Waals surface area contributed by atoms with Crippen LogP contribution in [-0.4, -0.2) is 55.9 Å². The summed E-state index contributed by atoms with van der Waals surface area (Å²) in [6.45, 7) is 12.3. The Hall–Kier alpha value is -1.39. The van der Waals surface area contributed by atoms with Crippen LogP contribution < -0.4 is 5.32 Å². The van der Waals surface area contributed by atoms with E-state index >= 15 is 0 Å². The second-order valence-electron chi connectivity index (χ2n) is 10.5. The van der Waals surface area contributed by atoms with E-state index in [1.54, 1.807) is 6.08 Å². The number of rotatable bonds is 19. The van der Waals surface area contributed by atoms with Crippen molar-refractivity contribution >= 4 is 12.1 Å². The first-order chi connectivity index (χ1) is 16.5. The molecule has 6 nitrogen and oxygen atoms in total. The van der Waals surface area contributed by atoms with Gasteiger partial charge in [-0.2, -0.15) is 0 Å². The molecule has 0 radical (unpaired) electrons. The Labute approximate surface area is 209 Å². The predicted molar refractivity (Wildman–Crippen MR) is 141 cm³/mol. The summed E-state index contributed by atoms with van der Waals surface area (Å²) in [6, 6.07) is 0.0618. The van der Waals surface area contributed by atoms with E-state index in [1.165, 1.54) is 44.9 Å². The summed E-state index contributed by atoms with van der Waals surface area (Å²) in [6.07, 6.45) is 17.1. The summed E-state index contributed by atoms with van der Waals surface area (Å²) in [7, 11) is 0. The Bertz CT molecular complexity index is 563. The highest BCUT2D eigenvalue weighted by Crippen LogP contribution is 2.32. The molecule has 0 aromatic carbocycles. The molecule has 0 bridgehead atoms. The predicted octanol–water partition coefficient (Wildman–Crippen LogP) is 6.73. The third-order valence-corrected chi connectivity index (χ3v) is 7.35. The third-order valence-electron chi connectivity index (χ3n) is 7.35. The molecule has 198 valence electrons. The lowest BCUT2D eigenvalue weighted by molar-refractivity contribution is 0.00408. The number of nitrogens with one attached hydrogen (secondary N) is 1. The molecular weight excluding hydrogens is 426 g/mol. The SMILES string of the molecule is CCCCCCCN(CCO[C@H]1CCC[C@@H](CCC(CN=C=O)C(C)C)C1)C(=O)NCCCC. The molecule has 0 aliphatic heterocycles. The number of isocyanates is 1. The summed E-state index contributed by atoms with van der Waals surface area (Å²) in [5.41, 5.74) is 0. The van der Waals surface area contributed by atoms with E-state index in [4.69, 9.17) is 4.74 Å². The summed E-state index contributed by atoms with van der Waals surface area (Å²) in [4.78, 5) is 29.0. The monoisotopic (exact) mass is 479 g/mol. The zero-order chi connectivity index (χ0) is 25.0. The Morgan fingerprint density at radius 3 is 2.56 bits per heavy atom. The van der Waals surface area contributed by atoms with Crippen LogP contribution in [0.25, 0.3) is 0 Å². The molecule has 1 aliphatic rings. The van der Waals surface area contributed by atoms with Crippen molar-refractivity contribution < 1.29 is 14.3 Å². The van der Waals surface area contributed by atoms with Gasteiger partial charge in [0.25, 0.3) is 0 Å². The lowest BCUT2D eigenvalue weighted by Crippen LogP contribution is -2.43. The minimum absolute atomic E-state index is 0.0618. The van der Waals surface area contributed by atoms with Crippen molar-refractivity contribution in [2.45, 2.75) is 117 Å². The van der Waals surface area contributed by atoms with Gasteiger partial charge in [-0.15, -0.1) is 0 Å². The minimum atomic E-state index is 0.0618. The number of hydrogen-bond donors (Lipinski definition) is 1. The molecule has 1 unspecified atom stereocenters. The molecule has 0 aromatic heterocycles. The number of unbranched alkanes of at least 4 members (excludes halogenated alkanes) is 5. The lowest BCUT2D eigenvalue weighted by atomic mass is 9.80. The normalized spacial score (nSPS) is 19.0. The van der Waals surface area contributed by atoms with Gasteiger partial charge in [0.05, 0.1) is 19.3 Å². The topological polar surface area (TPSA) is 71.0 Å². The van der Waals surface area contributed by atoms with Gasteiger partial charge in [-0.05, 0) is 49.9 Å². The summed E-state index contributed by atoms with van der Waals surface area (Å²) >= 11 is 0. The maximum absolute atomic E-state index is 12.7. The van der Waals surface area contributed by atoms with E-state index < -0.39 is 0 Å². The fourth-order valence-electron chi connectivity index (χ4n) is 4.93. The average molecular weight is 480 g/mol. The first-order valence-corrected chi connectivity index (χ1v) is 14.2. The zero-order valence-electron chi connectivity index (χ0n) is 22.7. The fourth-order valence-corrected chi connectivity index (χ4v) is 4.93. The number of hydrogen-bond acceptors (Lipinski definition) is 4. The van der Waals surface area contributed by atoms with Crippen LogP contribution in [0.2, 0.25) is 0 Å². The second-order valence-corrected chi connectivity index (χ2v) is 10.5. The molecule has 1 aliphatic carbocycles. The molecule has 0 spiro atoms. The first-order valence-electron chi connectivity index (χ1n) is 14.2. The van der Waals surface area contributed by atoms with Gasteiger partial charge in [-0.25, -0.2) is 14.6 Å². The Balaban J connectivity index is 2.43. The van der Waals surface area contributed by atoms with Crippen molar-refractivity contribution in [1.82, 2.24) is 10.2 Å². The van der Waals surface area contributed by atoms with Crippen LogP contribution in [-0.2, 0) is 9.53 Å². The molecule has 0 saturated heterocycles. The van der Waals surface area contributed by atoms with Gasteiger partial charge >= 0.3 is 6.03 Å². The fraction of sp³-hybridized carbons (Fsp3) is 0.929. The van der Waals surface area contributed by atoms with Gasteiger partial charge < -0.3 is 15.0 Å². The van der Waals surface area contributed by atoms with E-state index in [0.29, 0.717) is 43.6 Å². The molecule has 1 saturated carbocycles.